The Labute approximate surface area is 187 Å². The van der Waals surface area contributed by atoms with Crippen LogP contribution in [0.2, 0.25) is 0 Å². The zero-order valence-electron chi connectivity index (χ0n) is 18.9. The summed E-state index contributed by atoms with van der Waals surface area (Å²) in [6, 6.07) is 8.79. The highest BCUT2D eigenvalue weighted by atomic mass is 19.1. The van der Waals surface area contributed by atoms with Gasteiger partial charge in [0, 0.05) is 36.6 Å². The summed E-state index contributed by atoms with van der Waals surface area (Å²) >= 11 is 0. The molecule has 5 rings (SSSR count). The van der Waals surface area contributed by atoms with Gasteiger partial charge < -0.3 is 14.6 Å². The number of rotatable bonds is 4. The molecule has 0 saturated carbocycles. The van der Waals surface area contributed by atoms with Crippen molar-refractivity contribution in [2.24, 2.45) is 0 Å². The maximum absolute atomic E-state index is 15.7. The SMILES string of the molecule is CN(c1ccc(-c2ccc(-n3ccnc3)cc2O)nn1)[C@@H]1C[C@@]2(C)CC[C@@](C)([C@@H]1F)N2C. The van der Waals surface area contributed by atoms with E-state index in [0.29, 0.717) is 17.1 Å². The lowest BCUT2D eigenvalue weighted by Crippen LogP contribution is -2.66. The molecule has 4 atom stereocenters. The van der Waals surface area contributed by atoms with E-state index in [1.165, 1.54) is 0 Å². The van der Waals surface area contributed by atoms with Gasteiger partial charge in [-0.1, -0.05) is 0 Å². The topological polar surface area (TPSA) is 70.3 Å². The first kappa shape index (κ1) is 20.9. The predicted molar refractivity (Wildman–Crippen MR) is 122 cm³/mol. The fourth-order valence-corrected chi connectivity index (χ4v) is 5.47. The number of imidazole rings is 1. The molecule has 2 bridgehead atoms. The molecule has 2 fully saturated rings. The van der Waals surface area contributed by atoms with E-state index in [0.717, 1.165) is 24.9 Å². The average molecular weight is 437 g/mol. The summed E-state index contributed by atoms with van der Waals surface area (Å²) in [5.41, 5.74) is 1.50. The molecule has 0 aliphatic carbocycles. The summed E-state index contributed by atoms with van der Waals surface area (Å²) in [6.45, 7) is 4.27. The molecule has 1 N–H and O–H groups in total. The van der Waals surface area contributed by atoms with E-state index in [1.54, 1.807) is 18.6 Å². The minimum absolute atomic E-state index is 0.00753. The van der Waals surface area contributed by atoms with Gasteiger partial charge in [-0.05, 0) is 64.4 Å². The minimum Gasteiger partial charge on any atom is -0.507 e. The summed E-state index contributed by atoms with van der Waals surface area (Å²) in [5, 5.41) is 19.3. The molecule has 2 aliphatic heterocycles. The molecule has 0 radical (unpaired) electrons. The number of nitrogens with zero attached hydrogens (tertiary/aromatic N) is 6. The van der Waals surface area contributed by atoms with Crippen molar-refractivity contribution in [2.75, 3.05) is 19.0 Å². The van der Waals surface area contributed by atoms with Crippen LogP contribution in [0.1, 0.15) is 33.1 Å². The van der Waals surface area contributed by atoms with Crippen molar-refractivity contribution in [3.05, 3.63) is 49.1 Å². The Bertz CT molecular complexity index is 1120. The van der Waals surface area contributed by atoms with E-state index in [-0.39, 0.29) is 17.3 Å². The number of piperidine rings is 1. The highest BCUT2D eigenvalue weighted by Gasteiger charge is 2.60. The van der Waals surface area contributed by atoms with Crippen LogP contribution >= 0.6 is 0 Å². The maximum atomic E-state index is 15.7. The van der Waals surface area contributed by atoms with Crippen molar-refractivity contribution < 1.29 is 9.50 Å². The third-order valence-electron chi connectivity index (χ3n) is 7.90. The summed E-state index contributed by atoms with van der Waals surface area (Å²) in [5.74, 6) is 0.746. The van der Waals surface area contributed by atoms with Crippen LogP contribution in [0.5, 0.6) is 5.75 Å². The van der Waals surface area contributed by atoms with Crippen molar-refractivity contribution in [2.45, 2.75) is 56.4 Å². The molecule has 3 aromatic rings. The van der Waals surface area contributed by atoms with E-state index in [2.05, 4.69) is 34.1 Å². The van der Waals surface area contributed by atoms with Gasteiger partial charge in [0.2, 0.25) is 0 Å². The van der Waals surface area contributed by atoms with Gasteiger partial charge in [0.05, 0.1) is 29.3 Å². The summed E-state index contributed by atoms with van der Waals surface area (Å²) in [6.07, 6.45) is 6.81. The number of halogens is 1. The summed E-state index contributed by atoms with van der Waals surface area (Å²) in [4.78, 5) is 8.19. The molecule has 0 unspecified atom stereocenters. The van der Waals surface area contributed by atoms with Crippen LogP contribution in [-0.4, -0.2) is 67.1 Å². The van der Waals surface area contributed by atoms with Crippen LogP contribution in [0.25, 0.3) is 16.9 Å². The van der Waals surface area contributed by atoms with E-state index in [4.69, 9.17) is 0 Å². The lowest BCUT2D eigenvalue weighted by Gasteiger charge is -2.53. The fourth-order valence-electron chi connectivity index (χ4n) is 5.47. The average Bonchev–Trinajstić information content (AvgIpc) is 3.39. The highest BCUT2D eigenvalue weighted by molar-refractivity contribution is 5.69. The van der Waals surface area contributed by atoms with Gasteiger partial charge >= 0.3 is 0 Å². The Morgan fingerprint density at radius 2 is 1.97 bits per heavy atom. The number of hydrogen-bond acceptors (Lipinski definition) is 6. The van der Waals surface area contributed by atoms with Crippen molar-refractivity contribution in [3.63, 3.8) is 0 Å². The van der Waals surface area contributed by atoms with Gasteiger partial charge in [-0.15, -0.1) is 10.2 Å². The van der Waals surface area contributed by atoms with Crippen LogP contribution in [0.3, 0.4) is 0 Å². The second-order valence-corrected chi connectivity index (χ2v) is 9.65. The van der Waals surface area contributed by atoms with Crippen LogP contribution < -0.4 is 4.90 Å². The Balaban J connectivity index is 1.38. The molecular formula is C24H29FN6O. The summed E-state index contributed by atoms with van der Waals surface area (Å²) < 4.78 is 17.5. The maximum Gasteiger partial charge on any atom is 0.151 e. The van der Waals surface area contributed by atoms with Gasteiger partial charge in [0.1, 0.15) is 11.9 Å². The highest BCUT2D eigenvalue weighted by Crippen LogP contribution is 2.51. The van der Waals surface area contributed by atoms with Crippen LogP contribution in [0, 0.1) is 0 Å². The minimum atomic E-state index is -0.977. The zero-order chi connectivity index (χ0) is 22.7. The van der Waals surface area contributed by atoms with E-state index >= 15 is 4.39 Å². The number of phenolic OH excluding ortho intramolecular Hbond substituents is 1. The third kappa shape index (κ3) is 3.08. The number of fused-ring (bicyclic) bond motifs is 2. The third-order valence-corrected chi connectivity index (χ3v) is 7.90. The molecule has 168 valence electrons. The molecule has 1 aromatic carbocycles. The number of hydrogen-bond donors (Lipinski definition) is 1. The number of alkyl halides is 1. The number of aromatic hydroxyl groups is 1. The number of aromatic nitrogens is 4. The van der Waals surface area contributed by atoms with Crippen molar-refractivity contribution in [1.29, 1.82) is 0 Å². The second-order valence-electron chi connectivity index (χ2n) is 9.65. The van der Waals surface area contributed by atoms with Crippen LogP contribution in [0.15, 0.2) is 49.1 Å². The monoisotopic (exact) mass is 436 g/mol. The number of phenols is 1. The smallest absolute Gasteiger partial charge is 0.151 e. The molecule has 32 heavy (non-hydrogen) atoms. The molecule has 0 spiro atoms. The van der Waals surface area contributed by atoms with Crippen molar-refractivity contribution >= 4 is 5.82 Å². The van der Waals surface area contributed by atoms with Gasteiger partial charge in [0.25, 0.3) is 0 Å². The van der Waals surface area contributed by atoms with Gasteiger partial charge in [-0.2, -0.15) is 0 Å². The zero-order valence-corrected chi connectivity index (χ0v) is 18.9. The molecular weight excluding hydrogens is 407 g/mol. The van der Waals surface area contributed by atoms with E-state index < -0.39 is 11.7 Å². The number of benzene rings is 1. The number of anilines is 1. The fraction of sp³-hybridized carbons (Fsp3) is 0.458. The van der Waals surface area contributed by atoms with E-state index in [1.807, 2.05) is 53.9 Å². The van der Waals surface area contributed by atoms with Gasteiger partial charge in [0.15, 0.2) is 5.82 Å². The van der Waals surface area contributed by atoms with Crippen LogP contribution in [-0.2, 0) is 0 Å². The Hall–Kier alpha value is -3.00. The first-order valence-corrected chi connectivity index (χ1v) is 11.0. The van der Waals surface area contributed by atoms with Gasteiger partial charge in [-0.3, -0.25) is 4.90 Å². The molecule has 8 heteroatoms. The second kappa shape index (κ2) is 7.27. The molecule has 0 amide bonds. The quantitative estimate of drug-likeness (QED) is 0.670. The first-order valence-electron chi connectivity index (χ1n) is 11.0. The van der Waals surface area contributed by atoms with E-state index in [9.17, 15) is 5.11 Å². The lowest BCUT2D eigenvalue weighted by atomic mass is 9.80. The molecule has 4 heterocycles. The molecule has 2 saturated heterocycles. The Morgan fingerprint density at radius 1 is 1.16 bits per heavy atom. The molecule has 7 nitrogen and oxygen atoms in total. The largest absolute Gasteiger partial charge is 0.507 e. The van der Waals surface area contributed by atoms with Crippen molar-refractivity contribution in [3.8, 4) is 22.7 Å². The molecule has 2 aromatic heterocycles. The van der Waals surface area contributed by atoms with Crippen molar-refractivity contribution in [1.82, 2.24) is 24.6 Å². The Kier molecular flexibility index (Phi) is 4.74. The van der Waals surface area contributed by atoms with Crippen LogP contribution in [0.4, 0.5) is 10.2 Å². The Morgan fingerprint density at radius 3 is 2.62 bits per heavy atom. The standard InChI is InChI=1S/C24H29FN6O/c1-23-9-10-24(2,30(23)4)22(25)19(14-23)29(3)21-8-7-18(27-28-21)17-6-5-16(13-20(17)32)31-12-11-26-15-31/h5-8,11-13,15,19,22,32H,9-10,14H2,1-4H3/t19-,22-,23-,24+/m1/s1. The predicted octanol–water partition coefficient (Wildman–Crippen LogP) is 3.82. The molecule has 2 aliphatic rings. The van der Waals surface area contributed by atoms with Gasteiger partial charge in [-0.25, -0.2) is 9.37 Å². The lowest BCUT2D eigenvalue weighted by molar-refractivity contribution is -0.0359. The normalized spacial score (nSPS) is 29.9. The first-order chi connectivity index (χ1) is 15.2. The summed E-state index contributed by atoms with van der Waals surface area (Å²) in [7, 11) is 3.95.